The summed E-state index contributed by atoms with van der Waals surface area (Å²) in [5.74, 6) is 0.871. The Bertz CT molecular complexity index is 377. The average molecular weight is 264 g/mol. The summed E-state index contributed by atoms with van der Waals surface area (Å²) in [4.78, 5) is 2.58. The molecule has 0 spiro atoms. The van der Waals surface area contributed by atoms with Crippen LogP contribution in [0.5, 0.6) is 0 Å². The molecule has 0 bridgehead atoms. The van der Waals surface area contributed by atoms with Crippen molar-refractivity contribution in [2.75, 3.05) is 26.2 Å². The Kier molecular flexibility index (Phi) is 5.40. The van der Waals surface area contributed by atoms with E-state index in [4.69, 9.17) is 0 Å². The molecule has 0 amide bonds. The molecule has 1 aromatic heterocycles. The predicted octanol–water partition coefficient (Wildman–Crippen LogP) is 1.80. The van der Waals surface area contributed by atoms with Gasteiger partial charge in [0.25, 0.3) is 0 Å². The van der Waals surface area contributed by atoms with Crippen LogP contribution in [0.2, 0.25) is 0 Å². The van der Waals surface area contributed by atoms with Gasteiger partial charge in [0.15, 0.2) is 0 Å². The lowest BCUT2D eigenvalue weighted by molar-refractivity contribution is 0.175. The van der Waals surface area contributed by atoms with Crippen molar-refractivity contribution in [3.63, 3.8) is 0 Å². The monoisotopic (exact) mass is 264 g/mol. The topological polar surface area (TPSA) is 33.1 Å². The molecule has 1 aliphatic heterocycles. The van der Waals surface area contributed by atoms with E-state index < -0.39 is 0 Å². The zero-order valence-electron chi connectivity index (χ0n) is 12.7. The second-order valence-corrected chi connectivity index (χ2v) is 5.66. The summed E-state index contributed by atoms with van der Waals surface area (Å²) in [6.07, 6.45) is 5.88. The fourth-order valence-corrected chi connectivity index (χ4v) is 2.95. The molecule has 0 aromatic carbocycles. The molecule has 1 aromatic rings. The van der Waals surface area contributed by atoms with Crippen LogP contribution in [0.25, 0.3) is 0 Å². The third-order valence-corrected chi connectivity index (χ3v) is 4.11. The van der Waals surface area contributed by atoms with Gasteiger partial charge in [-0.05, 0) is 51.4 Å². The molecular weight excluding hydrogens is 236 g/mol. The summed E-state index contributed by atoms with van der Waals surface area (Å²) in [5.41, 5.74) is 2.67. The Balaban J connectivity index is 1.81. The van der Waals surface area contributed by atoms with Gasteiger partial charge in [-0.1, -0.05) is 13.8 Å². The van der Waals surface area contributed by atoms with Gasteiger partial charge in [0, 0.05) is 25.4 Å². The maximum atomic E-state index is 4.53. The standard InChI is InChI=1S/C15H28N4/c1-4-15-14(11-18(3)17-15)12-19-8-6-13(7-9-19)10-16-5-2/h11,13,16H,4-10,12H2,1-3H3. The van der Waals surface area contributed by atoms with Crippen LogP contribution in [0.15, 0.2) is 6.20 Å². The lowest BCUT2D eigenvalue weighted by atomic mass is 9.96. The predicted molar refractivity (Wildman–Crippen MR) is 79.1 cm³/mol. The lowest BCUT2D eigenvalue weighted by Gasteiger charge is -2.31. The molecule has 1 aliphatic rings. The maximum Gasteiger partial charge on any atom is 0.0666 e. The van der Waals surface area contributed by atoms with Gasteiger partial charge in [-0.2, -0.15) is 5.10 Å². The van der Waals surface area contributed by atoms with Gasteiger partial charge in [-0.3, -0.25) is 9.58 Å². The minimum absolute atomic E-state index is 0.871. The van der Waals surface area contributed by atoms with Crippen LogP contribution in [0.3, 0.4) is 0 Å². The van der Waals surface area contributed by atoms with Gasteiger partial charge in [0.05, 0.1) is 5.69 Å². The molecule has 1 fully saturated rings. The molecule has 4 heteroatoms. The zero-order valence-corrected chi connectivity index (χ0v) is 12.7. The van der Waals surface area contributed by atoms with E-state index in [1.165, 1.54) is 43.7 Å². The quantitative estimate of drug-likeness (QED) is 0.850. The van der Waals surface area contributed by atoms with Crippen LogP contribution in [-0.4, -0.2) is 40.9 Å². The zero-order chi connectivity index (χ0) is 13.7. The van der Waals surface area contributed by atoms with Crippen molar-refractivity contribution in [3.05, 3.63) is 17.5 Å². The Morgan fingerprint density at radius 3 is 2.68 bits per heavy atom. The van der Waals surface area contributed by atoms with E-state index in [2.05, 4.69) is 35.4 Å². The smallest absolute Gasteiger partial charge is 0.0666 e. The first kappa shape index (κ1) is 14.5. The van der Waals surface area contributed by atoms with Gasteiger partial charge in [0.1, 0.15) is 0 Å². The van der Waals surface area contributed by atoms with E-state index in [9.17, 15) is 0 Å². The highest BCUT2D eigenvalue weighted by Gasteiger charge is 2.20. The minimum Gasteiger partial charge on any atom is -0.317 e. The van der Waals surface area contributed by atoms with Crippen LogP contribution in [-0.2, 0) is 20.0 Å². The number of hydrogen-bond acceptors (Lipinski definition) is 3. The molecule has 0 saturated carbocycles. The summed E-state index contributed by atoms with van der Waals surface area (Å²) in [6.45, 7) is 10.2. The first-order chi connectivity index (χ1) is 9.22. The fourth-order valence-electron chi connectivity index (χ4n) is 2.95. The van der Waals surface area contributed by atoms with Gasteiger partial charge >= 0.3 is 0 Å². The lowest BCUT2D eigenvalue weighted by Crippen LogP contribution is -2.36. The number of likely N-dealkylation sites (tertiary alicyclic amines) is 1. The number of hydrogen-bond donors (Lipinski definition) is 1. The SMILES string of the molecule is CCNCC1CCN(Cc2cn(C)nc2CC)CC1. The maximum absolute atomic E-state index is 4.53. The van der Waals surface area contributed by atoms with E-state index in [1.54, 1.807) is 0 Å². The largest absolute Gasteiger partial charge is 0.317 e. The second-order valence-electron chi connectivity index (χ2n) is 5.66. The number of aryl methyl sites for hydroxylation is 2. The van der Waals surface area contributed by atoms with Crippen LogP contribution >= 0.6 is 0 Å². The van der Waals surface area contributed by atoms with Gasteiger partial charge < -0.3 is 5.32 Å². The third kappa shape index (κ3) is 4.05. The van der Waals surface area contributed by atoms with Crippen molar-refractivity contribution in [2.45, 2.75) is 39.7 Å². The molecule has 19 heavy (non-hydrogen) atoms. The van der Waals surface area contributed by atoms with Crippen molar-refractivity contribution >= 4 is 0 Å². The molecule has 0 radical (unpaired) electrons. The normalized spacial score (nSPS) is 18.1. The summed E-state index contributed by atoms with van der Waals surface area (Å²) in [7, 11) is 2.02. The second kappa shape index (κ2) is 7.06. The minimum atomic E-state index is 0.871. The van der Waals surface area contributed by atoms with E-state index in [0.29, 0.717) is 0 Å². The van der Waals surface area contributed by atoms with Crippen LogP contribution < -0.4 is 5.32 Å². The van der Waals surface area contributed by atoms with Crippen molar-refractivity contribution in [2.24, 2.45) is 13.0 Å². The first-order valence-electron chi connectivity index (χ1n) is 7.67. The molecule has 2 rings (SSSR count). The number of piperidine rings is 1. The Labute approximate surface area is 117 Å². The highest BCUT2D eigenvalue weighted by atomic mass is 15.3. The number of nitrogens with zero attached hydrogens (tertiary/aromatic N) is 3. The van der Waals surface area contributed by atoms with Gasteiger partial charge in [0.2, 0.25) is 0 Å². The van der Waals surface area contributed by atoms with E-state index in [1.807, 2.05) is 11.7 Å². The summed E-state index contributed by atoms with van der Waals surface area (Å²) in [5, 5.41) is 8.00. The molecular formula is C15H28N4. The molecule has 0 aliphatic carbocycles. The summed E-state index contributed by atoms with van der Waals surface area (Å²) >= 11 is 0. The molecule has 2 heterocycles. The highest BCUT2D eigenvalue weighted by Crippen LogP contribution is 2.19. The van der Waals surface area contributed by atoms with Gasteiger partial charge in [-0.15, -0.1) is 0 Å². The Morgan fingerprint density at radius 2 is 2.05 bits per heavy atom. The molecule has 108 valence electrons. The average Bonchev–Trinajstić information content (AvgIpc) is 2.78. The van der Waals surface area contributed by atoms with Crippen molar-refractivity contribution in [1.82, 2.24) is 20.0 Å². The molecule has 4 nitrogen and oxygen atoms in total. The molecule has 0 atom stereocenters. The number of nitrogens with one attached hydrogen (secondary N) is 1. The molecule has 1 N–H and O–H groups in total. The molecule has 1 saturated heterocycles. The van der Waals surface area contributed by atoms with Crippen LogP contribution in [0.1, 0.15) is 37.9 Å². The van der Waals surface area contributed by atoms with Crippen molar-refractivity contribution in [1.29, 1.82) is 0 Å². The number of rotatable bonds is 6. The Morgan fingerprint density at radius 1 is 1.32 bits per heavy atom. The summed E-state index contributed by atoms with van der Waals surface area (Å²) in [6, 6.07) is 0. The van der Waals surface area contributed by atoms with Crippen molar-refractivity contribution < 1.29 is 0 Å². The van der Waals surface area contributed by atoms with Crippen molar-refractivity contribution in [3.8, 4) is 0 Å². The fraction of sp³-hybridized carbons (Fsp3) is 0.800. The van der Waals surface area contributed by atoms with E-state index in [0.717, 1.165) is 25.4 Å². The Hall–Kier alpha value is -0.870. The third-order valence-electron chi connectivity index (χ3n) is 4.11. The number of aromatic nitrogens is 2. The highest BCUT2D eigenvalue weighted by molar-refractivity contribution is 5.16. The first-order valence-corrected chi connectivity index (χ1v) is 7.67. The van der Waals surface area contributed by atoms with Crippen LogP contribution in [0.4, 0.5) is 0 Å². The molecule has 0 unspecified atom stereocenters. The summed E-state index contributed by atoms with van der Waals surface area (Å²) < 4.78 is 1.95. The van der Waals surface area contributed by atoms with E-state index in [-0.39, 0.29) is 0 Å². The van der Waals surface area contributed by atoms with Gasteiger partial charge in [-0.25, -0.2) is 0 Å². The van der Waals surface area contributed by atoms with E-state index >= 15 is 0 Å². The van der Waals surface area contributed by atoms with Crippen LogP contribution in [0, 0.1) is 5.92 Å².